The fraction of sp³-hybridized carbons (Fsp3) is 0.333. The van der Waals surface area contributed by atoms with E-state index in [1.807, 2.05) is 13.8 Å². The number of anilines is 1. The number of nitrogens with one attached hydrogen (secondary N) is 1. The van der Waals surface area contributed by atoms with Gasteiger partial charge in [0.1, 0.15) is 5.69 Å². The maximum Gasteiger partial charge on any atom is 0.314 e. The number of esters is 1. The molecule has 8 heteroatoms. The van der Waals surface area contributed by atoms with Gasteiger partial charge in [-0.05, 0) is 48.6 Å². The summed E-state index contributed by atoms with van der Waals surface area (Å²) in [7, 11) is 0. The third-order valence-electron chi connectivity index (χ3n) is 4.67. The van der Waals surface area contributed by atoms with E-state index in [0.717, 1.165) is 11.1 Å². The number of aryl methyl sites for hydroxylation is 1. The highest BCUT2D eigenvalue weighted by Gasteiger charge is 2.27. The minimum Gasteiger partial charge on any atom is -0.455 e. The maximum atomic E-state index is 12.6. The van der Waals surface area contributed by atoms with Crippen molar-refractivity contribution < 1.29 is 19.2 Å². The average molecular weight is 419 g/mol. The van der Waals surface area contributed by atoms with Crippen molar-refractivity contribution in [2.75, 3.05) is 11.9 Å². The number of carbonyl (C=O) groups excluding carboxylic acids is 2. The first-order chi connectivity index (χ1) is 13.6. The summed E-state index contributed by atoms with van der Waals surface area (Å²) in [5.41, 5.74) is 2.01. The van der Waals surface area contributed by atoms with Crippen LogP contribution < -0.4 is 5.32 Å². The molecule has 0 saturated heterocycles. The topological polar surface area (TPSA) is 98.5 Å². The van der Waals surface area contributed by atoms with Crippen LogP contribution in [0.4, 0.5) is 11.4 Å². The molecule has 0 bridgehead atoms. The lowest BCUT2D eigenvalue weighted by Gasteiger charge is -2.20. The predicted molar refractivity (Wildman–Crippen MR) is 111 cm³/mol. The highest BCUT2D eigenvalue weighted by molar-refractivity contribution is 6.30. The molecule has 0 spiro atoms. The summed E-state index contributed by atoms with van der Waals surface area (Å²) in [5, 5.41) is 14.3. The van der Waals surface area contributed by atoms with Crippen molar-refractivity contribution in [3.8, 4) is 0 Å². The molecule has 0 aromatic heterocycles. The van der Waals surface area contributed by atoms with Crippen molar-refractivity contribution in [3.63, 3.8) is 0 Å². The Kier molecular flexibility index (Phi) is 7.34. The molecule has 2 aromatic carbocycles. The molecule has 154 valence electrons. The van der Waals surface area contributed by atoms with Gasteiger partial charge in [-0.15, -0.1) is 0 Å². The van der Waals surface area contributed by atoms with E-state index < -0.39 is 29.3 Å². The van der Waals surface area contributed by atoms with Gasteiger partial charge in [0.05, 0.1) is 10.8 Å². The van der Waals surface area contributed by atoms with Gasteiger partial charge in [-0.1, -0.05) is 43.6 Å². The Morgan fingerprint density at radius 2 is 1.76 bits per heavy atom. The normalized spacial score (nSPS) is 11.8. The molecule has 29 heavy (non-hydrogen) atoms. The number of ether oxygens (including phenoxy) is 1. The minimum absolute atomic E-state index is 0.0631. The van der Waals surface area contributed by atoms with Gasteiger partial charge in [0, 0.05) is 11.1 Å². The lowest BCUT2D eigenvalue weighted by atomic mass is 9.88. The van der Waals surface area contributed by atoms with Crippen LogP contribution in [-0.2, 0) is 14.3 Å². The van der Waals surface area contributed by atoms with Crippen molar-refractivity contribution in [2.24, 2.45) is 5.92 Å². The molecule has 0 heterocycles. The van der Waals surface area contributed by atoms with E-state index in [4.69, 9.17) is 16.3 Å². The number of rotatable bonds is 7. The van der Waals surface area contributed by atoms with Crippen molar-refractivity contribution >= 4 is 34.9 Å². The van der Waals surface area contributed by atoms with Gasteiger partial charge < -0.3 is 10.1 Å². The standard InChI is InChI=1S/C21H23ClN2O5/c1-12(2)19(15-6-8-16(22)9-7-15)21(26)29-11-18(25)23-20-14(4)13(3)5-10-17(20)24(27)28/h5-10,12,19H,11H2,1-4H3,(H,23,25)/t19-/m1/s1. The zero-order valence-corrected chi connectivity index (χ0v) is 17.4. The molecule has 2 aromatic rings. The largest absolute Gasteiger partial charge is 0.455 e. The van der Waals surface area contributed by atoms with Gasteiger partial charge in [0.15, 0.2) is 6.61 Å². The van der Waals surface area contributed by atoms with Gasteiger partial charge in [0.25, 0.3) is 11.6 Å². The highest BCUT2D eigenvalue weighted by Crippen LogP contribution is 2.30. The molecular weight excluding hydrogens is 396 g/mol. The van der Waals surface area contributed by atoms with E-state index >= 15 is 0 Å². The van der Waals surface area contributed by atoms with Gasteiger partial charge in [-0.3, -0.25) is 19.7 Å². The Hall–Kier alpha value is -2.93. The zero-order valence-electron chi connectivity index (χ0n) is 16.7. The summed E-state index contributed by atoms with van der Waals surface area (Å²) >= 11 is 5.90. The number of benzene rings is 2. The van der Waals surface area contributed by atoms with Crippen LogP contribution in [0, 0.1) is 29.9 Å². The van der Waals surface area contributed by atoms with E-state index in [-0.39, 0.29) is 17.3 Å². The van der Waals surface area contributed by atoms with Crippen LogP contribution >= 0.6 is 11.6 Å². The van der Waals surface area contributed by atoms with Crippen LogP contribution in [0.5, 0.6) is 0 Å². The number of halogens is 1. The van der Waals surface area contributed by atoms with Crippen molar-refractivity contribution in [2.45, 2.75) is 33.6 Å². The summed E-state index contributed by atoms with van der Waals surface area (Å²) < 4.78 is 5.20. The van der Waals surface area contributed by atoms with E-state index in [1.54, 1.807) is 44.2 Å². The number of amides is 1. The van der Waals surface area contributed by atoms with E-state index in [1.165, 1.54) is 6.07 Å². The first-order valence-electron chi connectivity index (χ1n) is 9.08. The van der Waals surface area contributed by atoms with Gasteiger partial charge in [0.2, 0.25) is 0 Å². The Bertz CT molecular complexity index is 925. The van der Waals surface area contributed by atoms with Crippen LogP contribution in [-0.4, -0.2) is 23.4 Å². The second kappa shape index (κ2) is 9.52. The minimum atomic E-state index is -0.645. The first kappa shape index (κ1) is 22.4. The molecule has 2 rings (SSSR count). The maximum absolute atomic E-state index is 12.6. The number of nitrogens with zero attached hydrogens (tertiary/aromatic N) is 1. The number of hydrogen-bond donors (Lipinski definition) is 1. The summed E-state index contributed by atoms with van der Waals surface area (Å²) in [4.78, 5) is 35.6. The fourth-order valence-corrected chi connectivity index (χ4v) is 3.10. The summed E-state index contributed by atoms with van der Waals surface area (Å²) in [5.74, 6) is -1.82. The summed E-state index contributed by atoms with van der Waals surface area (Å²) in [6, 6.07) is 9.81. The second-order valence-corrected chi connectivity index (χ2v) is 7.52. The monoisotopic (exact) mass is 418 g/mol. The predicted octanol–water partition coefficient (Wildman–Crippen LogP) is 4.79. The third-order valence-corrected chi connectivity index (χ3v) is 4.92. The molecule has 1 amide bonds. The third kappa shape index (κ3) is 5.54. The quantitative estimate of drug-likeness (QED) is 0.396. The van der Waals surface area contributed by atoms with Crippen molar-refractivity contribution in [1.82, 2.24) is 0 Å². The number of nitro benzene ring substituents is 1. The lowest BCUT2D eigenvalue weighted by molar-refractivity contribution is -0.384. The highest BCUT2D eigenvalue weighted by atomic mass is 35.5. The van der Waals surface area contributed by atoms with Crippen LogP contribution in [0.25, 0.3) is 0 Å². The molecule has 7 nitrogen and oxygen atoms in total. The molecule has 0 saturated carbocycles. The molecular formula is C21H23ClN2O5. The Labute approximate surface area is 174 Å². The van der Waals surface area contributed by atoms with Crippen LogP contribution in [0.15, 0.2) is 36.4 Å². The molecule has 0 fully saturated rings. The molecule has 0 radical (unpaired) electrons. The fourth-order valence-electron chi connectivity index (χ4n) is 2.98. The first-order valence-corrected chi connectivity index (χ1v) is 9.46. The Morgan fingerprint density at radius 1 is 1.14 bits per heavy atom. The number of carbonyl (C=O) groups is 2. The molecule has 0 unspecified atom stereocenters. The zero-order chi connectivity index (χ0) is 21.7. The van der Waals surface area contributed by atoms with E-state index in [0.29, 0.717) is 10.6 Å². The SMILES string of the molecule is Cc1ccc([N+](=O)[O-])c(NC(=O)COC(=O)[C@@H](c2ccc(Cl)cc2)C(C)C)c1C. The smallest absolute Gasteiger partial charge is 0.314 e. The summed E-state index contributed by atoms with van der Waals surface area (Å²) in [6.07, 6.45) is 0. The van der Waals surface area contributed by atoms with Crippen molar-refractivity contribution in [1.29, 1.82) is 0 Å². The van der Waals surface area contributed by atoms with Crippen LogP contribution in [0.3, 0.4) is 0 Å². The van der Waals surface area contributed by atoms with E-state index in [2.05, 4.69) is 5.32 Å². The van der Waals surface area contributed by atoms with Crippen LogP contribution in [0.1, 0.15) is 36.5 Å². The van der Waals surface area contributed by atoms with Gasteiger partial charge in [-0.2, -0.15) is 0 Å². The van der Waals surface area contributed by atoms with Gasteiger partial charge >= 0.3 is 5.97 Å². The number of nitro groups is 1. The molecule has 0 aliphatic carbocycles. The average Bonchev–Trinajstić information content (AvgIpc) is 2.65. The second-order valence-electron chi connectivity index (χ2n) is 7.09. The Balaban J connectivity index is 2.10. The summed E-state index contributed by atoms with van der Waals surface area (Å²) in [6.45, 7) is 6.67. The van der Waals surface area contributed by atoms with Gasteiger partial charge in [-0.25, -0.2) is 0 Å². The van der Waals surface area contributed by atoms with Crippen molar-refractivity contribution in [3.05, 3.63) is 68.2 Å². The van der Waals surface area contributed by atoms with E-state index in [9.17, 15) is 19.7 Å². The molecule has 1 atom stereocenters. The molecule has 0 aliphatic heterocycles. The Morgan fingerprint density at radius 3 is 2.31 bits per heavy atom. The molecule has 1 N–H and O–H groups in total. The molecule has 0 aliphatic rings. The number of hydrogen-bond acceptors (Lipinski definition) is 5. The van der Waals surface area contributed by atoms with Crippen LogP contribution in [0.2, 0.25) is 5.02 Å². The lowest BCUT2D eigenvalue weighted by Crippen LogP contribution is -2.26.